The summed E-state index contributed by atoms with van der Waals surface area (Å²) in [5.41, 5.74) is 0.593. The number of piperidine rings is 1. The summed E-state index contributed by atoms with van der Waals surface area (Å²) in [7, 11) is -3.53. The Bertz CT molecular complexity index is 1130. The molecule has 3 aromatic carbocycles. The highest BCUT2D eigenvalue weighted by Crippen LogP contribution is 2.31. The molecular weight excluding hydrogens is 412 g/mol. The van der Waals surface area contributed by atoms with Crippen LogP contribution in [0.25, 0.3) is 0 Å². The van der Waals surface area contributed by atoms with Crippen LogP contribution in [0.2, 0.25) is 0 Å². The van der Waals surface area contributed by atoms with Gasteiger partial charge < -0.3 is 10.1 Å². The van der Waals surface area contributed by atoms with Crippen LogP contribution in [0.3, 0.4) is 0 Å². The van der Waals surface area contributed by atoms with Crippen molar-refractivity contribution in [2.75, 3.05) is 18.4 Å². The molecule has 7 heteroatoms. The van der Waals surface area contributed by atoms with Crippen molar-refractivity contribution in [3.05, 3.63) is 84.9 Å². The van der Waals surface area contributed by atoms with E-state index in [1.807, 2.05) is 42.5 Å². The van der Waals surface area contributed by atoms with Gasteiger partial charge in [-0.3, -0.25) is 4.79 Å². The number of nitrogens with zero attached hydrogens (tertiary/aromatic N) is 1. The molecule has 1 heterocycles. The summed E-state index contributed by atoms with van der Waals surface area (Å²) < 4.78 is 32.9. The summed E-state index contributed by atoms with van der Waals surface area (Å²) in [4.78, 5) is 13.1. The Labute approximate surface area is 182 Å². The number of hydrogen-bond donors (Lipinski definition) is 1. The number of sulfonamides is 1. The number of carbonyl (C=O) groups excluding carboxylic acids is 1. The lowest BCUT2D eigenvalue weighted by Gasteiger charge is -2.30. The fraction of sp³-hybridized carbons (Fsp3) is 0.208. The van der Waals surface area contributed by atoms with Crippen molar-refractivity contribution in [1.29, 1.82) is 0 Å². The van der Waals surface area contributed by atoms with E-state index < -0.39 is 10.0 Å². The van der Waals surface area contributed by atoms with Gasteiger partial charge in [-0.2, -0.15) is 4.31 Å². The molecule has 0 bridgehead atoms. The number of ether oxygens (including phenoxy) is 1. The van der Waals surface area contributed by atoms with Gasteiger partial charge in [0.05, 0.1) is 10.6 Å². The van der Waals surface area contributed by atoms with Crippen LogP contribution in [0.4, 0.5) is 5.69 Å². The van der Waals surface area contributed by atoms with Gasteiger partial charge in [0.25, 0.3) is 0 Å². The smallest absolute Gasteiger partial charge is 0.243 e. The Hall–Kier alpha value is -3.16. The van der Waals surface area contributed by atoms with Crippen molar-refractivity contribution in [2.45, 2.75) is 17.7 Å². The third-order valence-electron chi connectivity index (χ3n) is 5.32. The Morgan fingerprint density at radius 3 is 2.10 bits per heavy atom. The Balaban J connectivity index is 1.39. The van der Waals surface area contributed by atoms with Crippen LogP contribution < -0.4 is 10.1 Å². The number of amides is 1. The lowest BCUT2D eigenvalue weighted by Crippen LogP contribution is -2.41. The number of nitrogens with one attached hydrogen (secondary N) is 1. The Morgan fingerprint density at radius 2 is 1.42 bits per heavy atom. The zero-order valence-corrected chi connectivity index (χ0v) is 17.8. The molecule has 6 nitrogen and oxygen atoms in total. The molecule has 0 aliphatic carbocycles. The van der Waals surface area contributed by atoms with Gasteiger partial charge in [0.2, 0.25) is 15.9 Å². The molecule has 1 aliphatic heterocycles. The largest absolute Gasteiger partial charge is 0.455 e. The molecule has 0 radical (unpaired) electrons. The fourth-order valence-electron chi connectivity index (χ4n) is 3.61. The molecule has 1 amide bonds. The van der Waals surface area contributed by atoms with Crippen LogP contribution in [0, 0.1) is 5.92 Å². The van der Waals surface area contributed by atoms with Crippen molar-refractivity contribution >= 4 is 21.6 Å². The van der Waals surface area contributed by atoms with E-state index in [2.05, 4.69) is 5.32 Å². The van der Waals surface area contributed by atoms with E-state index in [0.717, 1.165) is 0 Å². The molecule has 31 heavy (non-hydrogen) atoms. The predicted molar refractivity (Wildman–Crippen MR) is 120 cm³/mol. The lowest BCUT2D eigenvalue weighted by molar-refractivity contribution is -0.120. The average molecular weight is 437 g/mol. The van der Waals surface area contributed by atoms with Gasteiger partial charge in [0, 0.05) is 19.0 Å². The second kappa shape index (κ2) is 9.32. The standard InChI is InChI=1S/C24H24N2O4S/c27-24(25-22-13-7-8-14-23(22)30-20-9-3-1-4-10-20)19-15-17-26(18-16-19)31(28,29)21-11-5-2-6-12-21/h1-14,19H,15-18H2,(H,25,27). The Kier molecular flexibility index (Phi) is 6.34. The van der Waals surface area contributed by atoms with E-state index in [9.17, 15) is 13.2 Å². The minimum absolute atomic E-state index is 0.124. The van der Waals surface area contributed by atoms with Crippen molar-refractivity contribution in [1.82, 2.24) is 4.31 Å². The summed E-state index contributed by atoms with van der Waals surface area (Å²) in [6, 6.07) is 25.1. The van der Waals surface area contributed by atoms with Crippen molar-refractivity contribution in [3.63, 3.8) is 0 Å². The highest BCUT2D eigenvalue weighted by molar-refractivity contribution is 7.89. The number of para-hydroxylation sites is 3. The highest BCUT2D eigenvalue weighted by atomic mass is 32.2. The van der Waals surface area contributed by atoms with Crippen LogP contribution in [0.1, 0.15) is 12.8 Å². The van der Waals surface area contributed by atoms with E-state index in [-0.39, 0.29) is 16.7 Å². The van der Waals surface area contributed by atoms with Crippen LogP contribution >= 0.6 is 0 Å². The van der Waals surface area contributed by atoms with Gasteiger partial charge in [0.15, 0.2) is 5.75 Å². The summed E-state index contributed by atoms with van der Waals surface area (Å²) in [5.74, 6) is 0.864. The van der Waals surface area contributed by atoms with Gasteiger partial charge in [-0.05, 0) is 49.2 Å². The van der Waals surface area contributed by atoms with E-state index in [4.69, 9.17) is 4.74 Å². The molecule has 1 fully saturated rings. The lowest BCUT2D eigenvalue weighted by atomic mass is 9.97. The zero-order valence-electron chi connectivity index (χ0n) is 17.0. The third-order valence-corrected chi connectivity index (χ3v) is 7.23. The van der Waals surface area contributed by atoms with E-state index in [0.29, 0.717) is 43.1 Å². The van der Waals surface area contributed by atoms with E-state index in [1.54, 1.807) is 42.5 Å². The number of rotatable bonds is 6. The topological polar surface area (TPSA) is 75.7 Å². The number of benzene rings is 3. The first-order chi connectivity index (χ1) is 15.0. The molecule has 1 N–H and O–H groups in total. The van der Waals surface area contributed by atoms with E-state index in [1.165, 1.54) is 4.31 Å². The van der Waals surface area contributed by atoms with Crippen LogP contribution in [0.5, 0.6) is 11.5 Å². The summed E-state index contributed by atoms with van der Waals surface area (Å²) in [6.45, 7) is 0.634. The zero-order chi connectivity index (χ0) is 21.7. The monoisotopic (exact) mass is 436 g/mol. The van der Waals surface area contributed by atoms with Gasteiger partial charge in [-0.1, -0.05) is 48.5 Å². The first kappa shape index (κ1) is 21.1. The number of carbonyl (C=O) groups is 1. The van der Waals surface area contributed by atoms with Crippen molar-refractivity contribution in [3.8, 4) is 11.5 Å². The van der Waals surface area contributed by atoms with Crippen molar-refractivity contribution < 1.29 is 17.9 Å². The van der Waals surface area contributed by atoms with Crippen LogP contribution in [-0.2, 0) is 14.8 Å². The summed E-state index contributed by atoms with van der Waals surface area (Å²) >= 11 is 0. The normalized spacial score (nSPS) is 15.4. The van der Waals surface area contributed by atoms with Crippen LogP contribution in [0.15, 0.2) is 89.8 Å². The molecule has 0 atom stereocenters. The number of hydrogen-bond acceptors (Lipinski definition) is 4. The van der Waals surface area contributed by atoms with Gasteiger partial charge in [0.1, 0.15) is 5.75 Å². The second-order valence-electron chi connectivity index (χ2n) is 7.39. The maximum absolute atomic E-state index is 12.9. The molecule has 3 aromatic rings. The van der Waals surface area contributed by atoms with Gasteiger partial charge >= 0.3 is 0 Å². The molecular formula is C24H24N2O4S. The molecule has 1 aliphatic rings. The SMILES string of the molecule is O=C(Nc1ccccc1Oc1ccccc1)C1CCN(S(=O)(=O)c2ccccc2)CC1. The maximum atomic E-state index is 12.9. The third kappa shape index (κ3) is 4.95. The average Bonchev–Trinajstić information content (AvgIpc) is 2.81. The highest BCUT2D eigenvalue weighted by Gasteiger charge is 2.32. The molecule has 0 spiro atoms. The van der Waals surface area contributed by atoms with E-state index >= 15 is 0 Å². The molecule has 160 valence electrons. The molecule has 4 rings (SSSR count). The molecule has 0 aromatic heterocycles. The molecule has 1 saturated heterocycles. The minimum Gasteiger partial charge on any atom is -0.455 e. The van der Waals surface area contributed by atoms with Crippen LogP contribution in [-0.4, -0.2) is 31.7 Å². The first-order valence-corrected chi connectivity index (χ1v) is 11.7. The fourth-order valence-corrected chi connectivity index (χ4v) is 5.10. The predicted octanol–water partition coefficient (Wildman–Crippen LogP) is 4.52. The minimum atomic E-state index is -3.53. The van der Waals surface area contributed by atoms with Gasteiger partial charge in [-0.25, -0.2) is 8.42 Å². The number of anilines is 1. The Morgan fingerprint density at radius 1 is 0.839 bits per heavy atom. The summed E-state index contributed by atoms with van der Waals surface area (Å²) in [6.07, 6.45) is 0.944. The van der Waals surface area contributed by atoms with Gasteiger partial charge in [-0.15, -0.1) is 0 Å². The quantitative estimate of drug-likeness (QED) is 0.617. The second-order valence-corrected chi connectivity index (χ2v) is 9.33. The molecule has 0 saturated carbocycles. The molecule has 0 unspecified atom stereocenters. The van der Waals surface area contributed by atoms with Crippen molar-refractivity contribution in [2.24, 2.45) is 5.92 Å². The maximum Gasteiger partial charge on any atom is 0.243 e. The first-order valence-electron chi connectivity index (χ1n) is 10.2. The summed E-state index contributed by atoms with van der Waals surface area (Å²) in [5, 5.41) is 2.95.